The van der Waals surface area contributed by atoms with Crippen molar-refractivity contribution in [3.05, 3.63) is 96.6 Å². The molecule has 4 aromatic carbocycles. The minimum Gasteiger partial charge on any atom is -0.298 e. The Morgan fingerprint density at radius 1 is 0.500 bits per heavy atom. The highest BCUT2D eigenvalue weighted by molar-refractivity contribution is 6.05. The van der Waals surface area contributed by atoms with E-state index in [1.54, 1.807) is 0 Å². The predicted octanol–water partition coefficient (Wildman–Crippen LogP) is 5.99. The van der Waals surface area contributed by atoms with Crippen molar-refractivity contribution in [2.24, 2.45) is 0 Å². The smallest absolute Gasteiger partial charge is 0.150 e. The molecule has 0 spiro atoms. The molecule has 4 aromatic rings. The van der Waals surface area contributed by atoms with Gasteiger partial charge in [-0.1, -0.05) is 91.0 Å². The van der Waals surface area contributed by atoms with Gasteiger partial charge in [0, 0.05) is 5.56 Å². The second kappa shape index (κ2) is 6.13. The Morgan fingerprint density at radius 3 is 1.54 bits per heavy atom. The number of aldehydes is 1. The summed E-state index contributed by atoms with van der Waals surface area (Å²) in [7, 11) is 0. The quantitative estimate of drug-likeness (QED) is 0.425. The number of benzene rings is 4. The fourth-order valence-electron chi connectivity index (χ4n) is 3.16. The summed E-state index contributed by atoms with van der Waals surface area (Å²) in [6, 6.07) is 31.0. The second-order valence-corrected chi connectivity index (χ2v) is 5.81. The van der Waals surface area contributed by atoms with Crippen LogP contribution in [0.25, 0.3) is 33.0 Å². The minimum absolute atomic E-state index is 0.698. The molecule has 24 heavy (non-hydrogen) atoms. The van der Waals surface area contributed by atoms with Gasteiger partial charge in [0.25, 0.3) is 0 Å². The molecule has 114 valence electrons. The van der Waals surface area contributed by atoms with Crippen molar-refractivity contribution in [2.75, 3.05) is 0 Å². The van der Waals surface area contributed by atoms with Crippen molar-refractivity contribution in [1.29, 1.82) is 0 Å². The number of fused-ring (bicyclic) bond motifs is 1. The van der Waals surface area contributed by atoms with E-state index in [4.69, 9.17) is 0 Å². The highest BCUT2D eigenvalue weighted by Crippen LogP contribution is 2.35. The molecule has 1 heteroatoms. The van der Waals surface area contributed by atoms with Gasteiger partial charge in [0.15, 0.2) is 0 Å². The van der Waals surface area contributed by atoms with Gasteiger partial charge in [0.1, 0.15) is 6.29 Å². The van der Waals surface area contributed by atoms with Crippen molar-refractivity contribution in [3.63, 3.8) is 0 Å². The molecule has 4 rings (SSSR count). The average Bonchev–Trinajstić information content (AvgIpc) is 2.68. The topological polar surface area (TPSA) is 17.1 Å². The van der Waals surface area contributed by atoms with E-state index in [0.29, 0.717) is 5.56 Å². The Morgan fingerprint density at radius 2 is 1.00 bits per heavy atom. The van der Waals surface area contributed by atoms with E-state index in [-0.39, 0.29) is 0 Å². The average molecular weight is 308 g/mol. The molecule has 0 atom stereocenters. The van der Waals surface area contributed by atoms with E-state index in [0.717, 1.165) is 11.8 Å². The first-order valence-electron chi connectivity index (χ1n) is 7.99. The highest BCUT2D eigenvalue weighted by atomic mass is 16.1. The first-order chi connectivity index (χ1) is 11.9. The lowest BCUT2D eigenvalue weighted by Gasteiger charge is -2.12. The Hall–Kier alpha value is -3.19. The first-order valence-corrected chi connectivity index (χ1v) is 7.99. The van der Waals surface area contributed by atoms with Crippen LogP contribution in [0.2, 0.25) is 0 Å². The van der Waals surface area contributed by atoms with E-state index in [9.17, 15) is 4.79 Å². The summed E-state index contributed by atoms with van der Waals surface area (Å²) < 4.78 is 0. The van der Waals surface area contributed by atoms with Gasteiger partial charge < -0.3 is 0 Å². The van der Waals surface area contributed by atoms with E-state index < -0.39 is 0 Å². The zero-order chi connectivity index (χ0) is 16.4. The summed E-state index contributed by atoms with van der Waals surface area (Å²) in [5.74, 6) is 0. The minimum atomic E-state index is 0.698. The van der Waals surface area contributed by atoms with Crippen molar-refractivity contribution in [3.8, 4) is 22.3 Å². The molecular formula is C23H16O. The summed E-state index contributed by atoms with van der Waals surface area (Å²) in [6.45, 7) is 0. The van der Waals surface area contributed by atoms with Crippen LogP contribution >= 0.6 is 0 Å². The van der Waals surface area contributed by atoms with Crippen LogP contribution in [0.3, 0.4) is 0 Å². The van der Waals surface area contributed by atoms with E-state index >= 15 is 0 Å². The Bertz CT molecular complexity index is 999. The number of carbonyl (C=O) groups is 1. The highest BCUT2D eigenvalue weighted by Gasteiger charge is 2.09. The van der Waals surface area contributed by atoms with E-state index in [2.05, 4.69) is 60.7 Å². The van der Waals surface area contributed by atoms with Gasteiger partial charge in [-0.3, -0.25) is 4.79 Å². The van der Waals surface area contributed by atoms with Gasteiger partial charge >= 0.3 is 0 Å². The van der Waals surface area contributed by atoms with Crippen LogP contribution in [0.5, 0.6) is 0 Å². The molecule has 1 nitrogen and oxygen atoms in total. The second-order valence-electron chi connectivity index (χ2n) is 5.81. The maximum atomic E-state index is 10.9. The molecule has 0 saturated heterocycles. The van der Waals surface area contributed by atoms with Gasteiger partial charge in [0.2, 0.25) is 0 Å². The molecule has 0 radical (unpaired) electrons. The number of carbonyl (C=O) groups excluding carboxylic acids is 1. The summed E-state index contributed by atoms with van der Waals surface area (Å²) in [4.78, 5) is 10.9. The number of hydrogen-bond acceptors (Lipinski definition) is 1. The summed E-state index contributed by atoms with van der Waals surface area (Å²) in [6.07, 6.45) is 0.875. The molecule has 0 saturated carbocycles. The van der Waals surface area contributed by atoms with Crippen molar-refractivity contribution >= 4 is 17.1 Å². The standard InChI is InChI=1S/C23H16O/c24-16-17-10-12-19(13-11-17)21-15-14-20(18-6-2-1-3-7-18)22-8-4-5-9-23(21)22/h1-16H. The Balaban J connectivity index is 1.94. The molecule has 0 aromatic heterocycles. The van der Waals surface area contributed by atoms with Gasteiger partial charge in [0.05, 0.1) is 0 Å². The zero-order valence-electron chi connectivity index (χ0n) is 13.1. The Labute approximate surface area is 141 Å². The lowest BCUT2D eigenvalue weighted by atomic mass is 9.92. The lowest BCUT2D eigenvalue weighted by molar-refractivity contribution is 0.112. The molecule has 0 heterocycles. The van der Waals surface area contributed by atoms with Gasteiger partial charge in [-0.2, -0.15) is 0 Å². The summed E-state index contributed by atoms with van der Waals surface area (Å²) in [5.41, 5.74) is 5.46. The zero-order valence-corrected chi connectivity index (χ0v) is 13.1. The molecule has 0 aliphatic rings. The summed E-state index contributed by atoms with van der Waals surface area (Å²) in [5, 5.41) is 2.46. The predicted molar refractivity (Wildman–Crippen MR) is 100 cm³/mol. The molecular weight excluding hydrogens is 292 g/mol. The van der Waals surface area contributed by atoms with Gasteiger partial charge in [-0.15, -0.1) is 0 Å². The third kappa shape index (κ3) is 2.50. The fourth-order valence-corrected chi connectivity index (χ4v) is 3.16. The van der Waals surface area contributed by atoms with Crippen LogP contribution in [-0.2, 0) is 0 Å². The summed E-state index contributed by atoms with van der Waals surface area (Å²) >= 11 is 0. The molecule has 0 amide bonds. The van der Waals surface area contributed by atoms with Crippen molar-refractivity contribution < 1.29 is 4.79 Å². The largest absolute Gasteiger partial charge is 0.298 e. The molecule has 0 bridgehead atoms. The fraction of sp³-hybridized carbons (Fsp3) is 0. The maximum absolute atomic E-state index is 10.9. The Kier molecular flexibility index (Phi) is 3.68. The van der Waals surface area contributed by atoms with Crippen LogP contribution in [0, 0.1) is 0 Å². The third-order valence-electron chi connectivity index (χ3n) is 4.37. The number of hydrogen-bond donors (Lipinski definition) is 0. The molecule has 0 unspecified atom stereocenters. The van der Waals surface area contributed by atoms with E-state index in [1.807, 2.05) is 30.3 Å². The van der Waals surface area contributed by atoms with Crippen LogP contribution < -0.4 is 0 Å². The molecule has 0 aliphatic heterocycles. The normalized spacial score (nSPS) is 10.7. The monoisotopic (exact) mass is 308 g/mol. The first kappa shape index (κ1) is 14.4. The van der Waals surface area contributed by atoms with Gasteiger partial charge in [-0.25, -0.2) is 0 Å². The van der Waals surface area contributed by atoms with Crippen LogP contribution in [0.1, 0.15) is 10.4 Å². The van der Waals surface area contributed by atoms with Gasteiger partial charge in [-0.05, 0) is 33.0 Å². The SMILES string of the molecule is O=Cc1ccc(-c2ccc(-c3ccccc3)c3ccccc23)cc1. The molecule has 0 N–H and O–H groups in total. The van der Waals surface area contributed by atoms with Crippen LogP contribution in [-0.4, -0.2) is 6.29 Å². The lowest BCUT2D eigenvalue weighted by Crippen LogP contribution is -1.86. The molecule has 0 fully saturated rings. The third-order valence-corrected chi connectivity index (χ3v) is 4.37. The molecule has 0 aliphatic carbocycles. The van der Waals surface area contributed by atoms with Crippen molar-refractivity contribution in [1.82, 2.24) is 0 Å². The van der Waals surface area contributed by atoms with E-state index in [1.165, 1.54) is 27.5 Å². The maximum Gasteiger partial charge on any atom is 0.150 e. The van der Waals surface area contributed by atoms with Crippen LogP contribution in [0.4, 0.5) is 0 Å². The number of rotatable bonds is 3. The van der Waals surface area contributed by atoms with Crippen molar-refractivity contribution in [2.45, 2.75) is 0 Å². The van der Waals surface area contributed by atoms with Crippen LogP contribution in [0.15, 0.2) is 91.0 Å².